The summed E-state index contributed by atoms with van der Waals surface area (Å²) in [4.78, 5) is 30.0. The van der Waals surface area contributed by atoms with Crippen molar-refractivity contribution >= 4 is 34.1 Å². The van der Waals surface area contributed by atoms with Crippen LogP contribution < -0.4 is 16.4 Å². The highest BCUT2D eigenvalue weighted by molar-refractivity contribution is 7.18. The lowest BCUT2D eigenvalue weighted by atomic mass is 10.3. The maximum atomic E-state index is 12.0. The van der Waals surface area contributed by atoms with Crippen molar-refractivity contribution in [2.45, 2.75) is 27.2 Å². The second-order valence-electron chi connectivity index (χ2n) is 4.34. The molecule has 0 aliphatic carbocycles. The highest BCUT2D eigenvalue weighted by Gasteiger charge is 2.16. The second-order valence-corrected chi connectivity index (χ2v) is 5.33. The number of hydrogen-bond donors (Lipinski definition) is 3. The molecule has 4 N–H and O–H groups in total. The van der Waals surface area contributed by atoms with Crippen molar-refractivity contribution in [1.82, 2.24) is 15.2 Å². The summed E-state index contributed by atoms with van der Waals surface area (Å²) in [6.45, 7) is 8.17. The molecule has 0 saturated carbocycles. The highest BCUT2D eigenvalue weighted by Crippen LogP contribution is 2.24. The lowest BCUT2D eigenvalue weighted by molar-refractivity contribution is -0.130. The SMILES string of the molecule is CCNc1nc(N)c(C(=O)NCCC(=O)N(CC)CC)s1. The summed E-state index contributed by atoms with van der Waals surface area (Å²) in [5.74, 6) is -0.0454. The zero-order chi connectivity index (χ0) is 15.8. The van der Waals surface area contributed by atoms with Gasteiger partial charge in [0, 0.05) is 32.6 Å². The number of rotatable bonds is 8. The van der Waals surface area contributed by atoms with Crippen LogP contribution in [0.2, 0.25) is 0 Å². The Hall–Kier alpha value is -1.83. The van der Waals surface area contributed by atoms with E-state index < -0.39 is 0 Å². The third-order valence-corrected chi connectivity index (χ3v) is 3.96. The van der Waals surface area contributed by atoms with Crippen LogP contribution in [0.25, 0.3) is 0 Å². The minimum absolute atomic E-state index is 0.0333. The average Bonchev–Trinajstić information content (AvgIpc) is 2.81. The Morgan fingerprint density at radius 2 is 1.95 bits per heavy atom. The lowest BCUT2D eigenvalue weighted by Crippen LogP contribution is -2.34. The minimum atomic E-state index is -0.290. The molecule has 0 aliphatic rings. The molecular formula is C13H23N5O2S. The van der Waals surface area contributed by atoms with Gasteiger partial charge < -0.3 is 21.3 Å². The molecule has 2 amide bonds. The standard InChI is InChI=1S/C13H23N5O2S/c1-4-15-13-17-11(14)10(21-13)12(20)16-8-7-9(19)18(5-2)6-3/h4-8,14H2,1-3H3,(H,15,17)(H,16,20). The fourth-order valence-corrected chi connectivity index (χ4v) is 2.69. The first-order chi connectivity index (χ1) is 10.0. The molecule has 0 spiro atoms. The third-order valence-electron chi connectivity index (χ3n) is 2.93. The van der Waals surface area contributed by atoms with Gasteiger partial charge in [-0.1, -0.05) is 11.3 Å². The Morgan fingerprint density at radius 3 is 2.52 bits per heavy atom. The number of carbonyl (C=O) groups is 2. The van der Waals surface area contributed by atoms with E-state index in [-0.39, 0.29) is 24.1 Å². The van der Waals surface area contributed by atoms with Crippen molar-refractivity contribution in [1.29, 1.82) is 0 Å². The minimum Gasteiger partial charge on any atom is -0.382 e. The number of nitrogen functional groups attached to an aromatic ring is 1. The molecule has 1 rings (SSSR count). The van der Waals surface area contributed by atoms with E-state index in [4.69, 9.17) is 5.73 Å². The van der Waals surface area contributed by atoms with Gasteiger partial charge in [-0.05, 0) is 20.8 Å². The number of hydrogen-bond acceptors (Lipinski definition) is 6. The molecule has 1 heterocycles. The van der Waals surface area contributed by atoms with Gasteiger partial charge in [0.1, 0.15) is 10.7 Å². The number of carbonyl (C=O) groups excluding carboxylic acids is 2. The van der Waals surface area contributed by atoms with Crippen LogP contribution in [0, 0.1) is 0 Å². The van der Waals surface area contributed by atoms with Crippen LogP contribution in [0.5, 0.6) is 0 Å². The fourth-order valence-electron chi connectivity index (χ4n) is 1.82. The van der Waals surface area contributed by atoms with Crippen molar-refractivity contribution in [3.8, 4) is 0 Å². The number of anilines is 2. The van der Waals surface area contributed by atoms with Gasteiger partial charge in [0.15, 0.2) is 5.13 Å². The van der Waals surface area contributed by atoms with Crippen LogP contribution in [-0.2, 0) is 4.79 Å². The summed E-state index contributed by atoms with van der Waals surface area (Å²) < 4.78 is 0. The number of aromatic nitrogens is 1. The van der Waals surface area contributed by atoms with Crippen LogP contribution in [0.1, 0.15) is 36.9 Å². The summed E-state index contributed by atoms with van der Waals surface area (Å²) in [5, 5.41) is 6.34. The molecule has 0 fully saturated rings. The molecule has 0 saturated heterocycles. The van der Waals surface area contributed by atoms with Gasteiger partial charge in [-0.2, -0.15) is 0 Å². The first-order valence-electron chi connectivity index (χ1n) is 7.09. The molecule has 7 nitrogen and oxygen atoms in total. The van der Waals surface area contributed by atoms with Gasteiger partial charge in [-0.25, -0.2) is 4.98 Å². The highest BCUT2D eigenvalue weighted by atomic mass is 32.1. The van der Waals surface area contributed by atoms with Gasteiger partial charge in [-0.15, -0.1) is 0 Å². The molecule has 8 heteroatoms. The van der Waals surface area contributed by atoms with E-state index in [2.05, 4.69) is 15.6 Å². The van der Waals surface area contributed by atoms with Crippen LogP contribution in [0.3, 0.4) is 0 Å². The quantitative estimate of drug-likeness (QED) is 0.668. The molecule has 0 aliphatic heterocycles. The third kappa shape index (κ3) is 4.89. The van der Waals surface area contributed by atoms with Crippen molar-refractivity contribution in [3.05, 3.63) is 4.88 Å². The summed E-state index contributed by atoms with van der Waals surface area (Å²) in [5.41, 5.74) is 5.72. The van der Waals surface area contributed by atoms with Gasteiger partial charge in [-0.3, -0.25) is 9.59 Å². The predicted octanol–water partition coefficient (Wildman–Crippen LogP) is 1.15. The molecule has 21 heavy (non-hydrogen) atoms. The summed E-state index contributed by atoms with van der Waals surface area (Å²) in [6.07, 6.45) is 0.284. The van der Waals surface area contributed by atoms with E-state index in [1.54, 1.807) is 4.90 Å². The molecule has 0 atom stereocenters. The Labute approximate surface area is 128 Å². The summed E-state index contributed by atoms with van der Waals surface area (Å²) in [6, 6.07) is 0. The molecule has 1 aromatic rings. The Balaban J connectivity index is 2.49. The van der Waals surface area contributed by atoms with Gasteiger partial charge in [0.2, 0.25) is 5.91 Å². The average molecular weight is 313 g/mol. The first-order valence-corrected chi connectivity index (χ1v) is 7.91. The second kappa shape index (κ2) is 8.46. The van der Waals surface area contributed by atoms with E-state index in [1.165, 1.54) is 11.3 Å². The van der Waals surface area contributed by atoms with Gasteiger partial charge >= 0.3 is 0 Å². The molecule has 0 radical (unpaired) electrons. The molecule has 0 unspecified atom stereocenters. The summed E-state index contributed by atoms with van der Waals surface area (Å²) >= 11 is 1.21. The van der Waals surface area contributed by atoms with Gasteiger partial charge in [0.05, 0.1) is 0 Å². The lowest BCUT2D eigenvalue weighted by Gasteiger charge is -2.18. The van der Waals surface area contributed by atoms with Crippen LogP contribution in [0.15, 0.2) is 0 Å². The van der Waals surface area contributed by atoms with Crippen molar-refractivity contribution in [3.63, 3.8) is 0 Å². The van der Waals surface area contributed by atoms with E-state index in [0.29, 0.717) is 36.2 Å². The zero-order valence-electron chi connectivity index (χ0n) is 12.7. The largest absolute Gasteiger partial charge is 0.382 e. The molecular weight excluding hydrogens is 290 g/mol. The first kappa shape index (κ1) is 17.2. The van der Waals surface area contributed by atoms with E-state index in [9.17, 15) is 9.59 Å². The van der Waals surface area contributed by atoms with Crippen molar-refractivity contribution < 1.29 is 9.59 Å². The van der Waals surface area contributed by atoms with Crippen LogP contribution in [-0.4, -0.2) is 47.9 Å². The number of nitrogens with two attached hydrogens (primary N) is 1. The molecule has 0 aromatic carbocycles. The maximum absolute atomic E-state index is 12.0. The predicted molar refractivity (Wildman–Crippen MR) is 85.6 cm³/mol. The van der Waals surface area contributed by atoms with Crippen molar-refractivity contribution in [2.24, 2.45) is 0 Å². The summed E-state index contributed by atoms with van der Waals surface area (Å²) in [7, 11) is 0. The molecule has 118 valence electrons. The Kier molecular flexibility index (Phi) is 6.93. The number of amides is 2. The van der Waals surface area contributed by atoms with E-state index >= 15 is 0 Å². The smallest absolute Gasteiger partial charge is 0.265 e. The molecule has 0 bridgehead atoms. The van der Waals surface area contributed by atoms with E-state index in [0.717, 1.165) is 0 Å². The fraction of sp³-hybridized carbons (Fsp3) is 0.615. The zero-order valence-corrected chi connectivity index (χ0v) is 13.5. The maximum Gasteiger partial charge on any atom is 0.265 e. The van der Waals surface area contributed by atoms with E-state index in [1.807, 2.05) is 20.8 Å². The Morgan fingerprint density at radius 1 is 1.29 bits per heavy atom. The molecule has 1 aromatic heterocycles. The Bertz CT molecular complexity index is 485. The van der Waals surface area contributed by atoms with Crippen LogP contribution >= 0.6 is 11.3 Å². The van der Waals surface area contributed by atoms with Gasteiger partial charge in [0.25, 0.3) is 5.91 Å². The monoisotopic (exact) mass is 313 g/mol. The normalized spacial score (nSPS) is 10.2. The topological polar surface area (TPSA) is 100 Å². The van der Waals surface area contributed by atoms with Crippen molar-refractivity contribution in [2.75, 3.05) is 37.2 Å². The number of nitrogens with one attached hydrogen (secondary N) is 2. The number of thiazole rings is 1. The van der Waals surface area contributed by atoms with Crippen LogP contribution in [0.4, 0.5) is 10.9 Å². The number of nitrogens with zero attached hydrogens (tertiary/aromatic N) is 2.